The van der Waals surface area contributed by atoms with Crippen LogP contribution in [0.2, 0.25) is 0 Å². The molecule has 6 aromatic rings. The fraction of sp³-hybridized carbons (Fsp3) is 0. The third kappa shape index (κ3) is 4.20. The molecule has 3 nitrogen and oxygen atoms in total. The van der Waals surface area contributed by atoms with Crippen molar-refractivity contribution in [2.75, 3.05) is 0 Å². The van der Waals surface area contributed by atoms with E-state index in [1.807, 2.05) is 48.5 Å². The highest BCUT2D eigenvalue weighted by Crippen LogP contribution is 2.37. The molecule has 0 unspecified atom stereocenters. The van der Waals surface area contributed by atoms with E-state index in [1.54, 1.807) is 12.4 Å². The van der Waals surface area contributed by atoms with E-state index in [0.29, 0.717) is 11.1 Å². The summed E-state index contributed by atoms with van der Waals surface area (Å²) >= 11 is 4.60. The lowest BCUT2D eigenvalue weighted by Gasteiger charge is -2.16. The van der Waals surface area contributed by atoms with Crippen molar-refractivity contribution in [1.82, 2.24) is 9.97 Å². The molecule has 6 rings (SSSR count). The molecule has 4 aromatic carbocycles. The van der Waals surface area contributed by atoms with Gasteiger partial charge in [0.05, 0.1) is 11.0 Å². The van der Waals surface area contributed by atoms with Gasteiger partial charge < -0.3 is 0 Å². The van der Waals surface area contributed by atoms with Crippen molar-refractivity contribution in [2.24, 2.45) is 0 Å². The summed E-state index contributed by atoms with van der Waals surface area (Å²) in [7, 11) is 0. The molecule has 2 aromatic heterocycles. The van der Waals surface area contributed by atoms with E-state index < -0.39 is 0 Å². The second kappa shape index (κ2) is 9.71. The Bertz CT molecular complexity index is 1630. The van der Waals surface area contributed by atoms with Crippen molar-refractivity contribution in [3.8, 4) is 22.3 Å². The summed E-state index contributed by atoms with van der Waals surface area (Å²) < 4.78 is 2.28. The van der Waals surface area contributed by atoms with Gasteiger partial charge in [-0.05, 0) is 92.7 Å². The molecule has 0 fully saturated rings. The second-order valence-electron chi connectivity index (χ2n) is 8.47. The topological polar surface area (TPSA) is 42.9 Å². The number of pyridine rings is 2. The molecule has 36 heavy (non-hydrogen) atoms. The monoisotopic (exact) mass is 688 g/mol. The van der Waals surface area contributed by atoms with Crippen LogP contribution in [0, 0.1) is 7.14 Å². The van der Waals surface area contributed by atoms with Gasteiger partial charge in [-0.25, -0.2) is 0 Å². The number of carbonyl (C=O) groups excluding carboxylic acids is 1. The van der Waals surface area contributed by atoms with E-state index in [9.17, 15) is 4.79 Å². The summed E-state index contributed by atoms with van der Waals surface area (Å²) in [5, 5.41) is 1.91. The second-order valence-corrected chi connectivity index (χ2v) is 11.0. The van der Waals surface area contributed by atoms with Crippen LogP contribution in [0.15, 0.2) is 109 Å². The summed E-state index contributed by atoms with van der Waals surface area (Å²) in [5.41, 5.74) is 6.61. The van der Waals surface area contributed by atoms with Crippen LogP contribution in [0.1, 0.15) is 15.9 Å². The number of carbonyl (C=O) groups is 1. The third-order valence-electron chi connectivity index (χ3n) is 6.31. The van der Waals surface area contributed by atoms with Crippen molar-refractivity contribution in [3.63, 3.8) is 0 Å². The lowest BCUT2D eigenvalue weighted by Crippen LogP contribution is -2.08. The summed E-state index contributed by atoms with van der Waals surface area (Å²) in [5.74, 6) is -0.0893. The summed E-state index contributed by atoms with van der Waals surface area (Å²) in [4.78, 5) is 23.7. The van der Waals surface area contributed by atoms with E-state index in [0.717, 1.165) is 51.2 Å². The Labute approximate surface area is 235 Å². The van der Waals surface area contributed by atoms with Gasteiger partial charge in [-0.1, -0.05) is 60.7 Å². The van der Waals surface area contributed by atoms with Crippen LogP contribution in [0.5, 0.6) is 0 Å². The minimum absolute atomic E-state index is 0.0893. The molecule has 0 N–H and O–H groups in total. The van der Waals surface area contributed by atoms with Gasteiger partial charge in [-0.15, -0.1) is 0 Å². The average molecular weight is 688 g/mol. The number of rotatable bonds is 4. The van der Waals surface area contributed by atoms with Crippen molar-refractivity contribution in [2.45, 2.75) is 0 Å². The molecule has 2 heterocycles. The Kier molecular flexibility index (Phi) is 6.27. The Hall–Kier alpha value is -3.17. The molecule has 0 aliphatic rings. The Balaban J connectivity index is 1.64. The maximum atomic E-state index is 14.4. The van der Waals surface area contributed by atoms with Crippen LogP contribution in [0.25, 0.3) is 44.1 Å². The van der Waals surface area contributed by atoms with E-state index in [-0.39, 0.29) is 5.78 Å². The van der Waals surface area contributed by atoms with Gasteiger partial charge in [0.15, 0.2) is 5.78 Å². The van der Waals surface area contributed by atoms with Gasteiger partial charge in [0.2, 0.25) is 0 Å². The first-order chi connectivity index (χ1) is 17.6. The molecule has 0 saturated heterocycles. The van der Waals surface area contributed by atoms with Crippen molar-refractivity contribution in [1.29, 1.82) is 0 Å². The molecule has 0 radical (unpaired) electrons. The molecule has 0 aliphatic carbocycles. The standard InChI is InChI=1S/C31H18I2N2O/c32-21-13-9-19(10-14-21)29-23-5-1-3-7-27(23)34-17-25(29)31(36)26-18-35-28-8-4-2-6-24(28)30(26)20-11-15-22(33)16-12-20/h1-18H. The maximum absolute atomic E-state index is 14.4. The summed E-state index contributed by atoms with van der Waals surface area (Å²) in [6, 6.07) is 32.5. The quantitative estimate of drug-likeness (QED) is 0.138. The number of ketones is 1. The molecular formula is C31H18I2N2O. The number of aromatic nitrogens is 2. The van der Waals surface area contributed by atoms with Crippen LogP contribution in [0.3, 0.4) is 0 Å². The van der Waals surface area contributed by atoms with Crippen molar-refractivity contribution < 1.29 is 4.79 Å². The van der Waals surface area contributed by atoms with Crippen molar-refractivity contribution in [3.05, 3.63) is 128 Å². The number of benzene rings is 4. The zero-order valence-electron chi connectivity index (χ0n) is 19.0. The summed E-state index contributed by atoms with van der Waals surface area (Å²) in [6.45, 7) is 0. The average Bonchev–Trinajstić information content (AvgIpc) is 2.92. The predicted molar refractivity (Wildman–Crippen MR) is 163 cm³/mol. The van der Waals surface area contributed by atoms with Gasteiger partial charge in [0.25, 0.3) is 0 Å². The number of para-hydroxylation sites is 2. The number of hydrogen-bond acceptors (Lipinski definition) is 3. The lowest BCUT2D eigenvalue weighted by molar-refractivity contribution is 0.103. The molecule has 172 valence electrons. The van der Waals surface area contributed by atoms with E-state index in [1.165, 1.54) is 0 Å². The molecule has 5 heteroatoms. The molecule has 0 spiro atoms. The number of hydrogen-bond donors (Lipinski definition) is 0. The Morgan fingerprint density at radius 3 is 1.33 bits per heavy atom. The molecule has 0 aliphatic heterocycles. The highest BCUT2D eigenvalue weighted by atomic mass is 127. The van der Waals surface area contributed by atoms with E-state index >= 15 is 0 Å². The minimum atomic E-state index is -0.0893. The third-order valence-corrected chi connectivity index (χ3v) is 7.74. The largest absolute Gasteiger partial charge is 0.288 e. The number of fused-ring (bicyclic) bond motifs is 2. The molecule has 0 atom stereocenters. The first-order valence-electron chi connectivity index (χ1n) is 11.4. The van der Waals surface area contributed by atoms with E-state index in [2.05, 4.69) is 104 Å². The SMILES string of the molecule is O=C(c1cnc2ccccc2c1-c1ccc(I)cc1)c1cnc2ccccc2c1-c1ccc(I)cc1. The van der Waals surface area contributed by atoms with Crippen LogP contribution >= 0.6 is 45.2 Å². The van der Waals surface area contributed by atoms with Gasteiger partial charge >= 0.3 is 0 Å². The zero-order valence-corrected chi connectivity index (χ0v) is 23.3. The van der Waals surface area contributed by atoms with Crippen molar-refractivity contribution >= 4 is 72.8 Å². The Morgan fingerprint density at radius 1 is 0.528 bits per heavy atom. The van der Waals surface area contributed by atoms with Crippen LogP contribution < -0.4 is 0 Å². The highest BCUT2D eigenvalue weighted by Gasteiger charge is 2.23. The highest BCUT2D eigenvalue weighted by molar-refractivity contribution is 14.1. The minimum Gasteiger partial charge on any atom is -0.288 e. The van der Waals surface area contributed by atoms with Crippen LogP contribution in [-0.2, 0) is 0 Å². The first kappa shape index (κ1) is 23.2. The lowest BCUT2D eigenvalue weighted by atomic mass is 9.88. The molecular weight excluding hydrogens is 670 g/mol. The van der Waals surface area contributed by atoms with Gasteiger partial charge in [0, 0.05) is 52.6 Å². The van der Waals surface area contributed by atoms with E-state index in [4.69, 9.17) is 0 Å². The zero-order chi connectivity index (χ0) is 24.6. The van der Waals surface area contributed by atoms with Gasteiger partial charge in [-0.3, -0.25) is 14.8 Å². The number of halogens is 2. The predicted octanol–water partition coefficient (Wildman–Crippen LogP) is 8.56. The molecule has 0 amide bonds. The first-order valence-corrected chi connectivity index (χ1v) is 13.6. The fourth-order valence-corrected chi connectivity index (χ4v) is 5.35. The van der Waals surface area contributed by atoms with Gasteiger partial charge in [-0.2, -0.15) is 0 Å². The maximum Gasteiger partial charge on any atom is 0.197 e. The normalized spacial score (nSPS) is 11.2. The molecule has 0 saturated carbocycles. The molecule has 0 bridgehead atoms. The Morgan fingerprint density at radius 2 is 0.917 bits per heavy atom. The summed E-state index contributed by atoms with van der Waals surface area (Å²) in [6.07, 6.45) is 3.43. The van der Waals surface area contributed by atoms with Gasteiger partial charge in [0.1, 0.15) is 0 Å². The van der Waals surface area contributed by atoms with Crippen LogP contribution in [-0.4, -0.2) is 15.8 Å². The smallest absolute Gasteiger partial charge is 0.197 e. The number of nitrogens with zero attached hydrogens (tertiary/aromatic N) is 2. The van der Waals surface area contributed by atoms with Crippen LogP contribution in [0.4, 0.5) is 0 Å². The fourth-order valence-electron chi connectivity index (χ4n) is 4.63.